The van der Waals surface area contributed by atoms with E-state index in [0.29, 0.717) is 5.91 Å². The first-order chi connectivity index (χ1) is 10.4. The fourth-order valence-corrected chi connectivity index (χ4v) is 3.06. The molecule has 1 fully saturated rings. The Morgan fingerprint density at radius 2 is 1.77 bits per heavy atom. The van der Waals surface area contributed by atoms with Crippen molar-refractivity contribution in [3.05, 3.63) is 29.8 Å². The SMILES string of the molecule is COc1ccc(CCC2CCN(C(=O)C(C)(C)C)CC2)cc1. The van der Waals surface area contributed by atoms with Crippen molar-refractivity contribution in [2.24, 2.45) is 11.3 Å². The molecule has 0 bridgehead atoms. The molecule has 0 saturated carbocycles. The van der Waals surface area contributed by atoms with Crippen LogP contribution in [0.25, 0.3) is 0 Å². The van der Waals surface area contributed by atoms with Crippen LogP contribution in [-0.4, -0.2) is 31.0 Å². The minimum absolute atomic E-state index is 0.254. The third kappa shape index (κ3) is 4.49. The van der Waals surface area contributed by atoms with Crippen molar-refractivity contribution in [3.63, 3.8) is 0 Å². The van der Waals surface area contributed by atoms with Gasteiger partial charge in [0.25, 0.3) is 0 Å². The van der Waals surface area contributed by atoms with Crippen molar-refractivity contribution in [1.82, 2.24) is 4.90 Å². The van der Waals surface area contributed by atoms with Gasteiger partial charge in [0.15, 0.2) is 0 Å². The van der Waals surface area contributed by atoms with Crippen LogP contribution in [0.2, 0.25) is 0 Å². The molecule has 1 aliphatic rings. The second-order valence-electron chi connectivity index (χ2n) is 7.37. The van der Waals surface area contributed by atoms with E-state index in [1.807, 2.05) is 37.8 Å². The van der Waals surface area contributed by atoms with Crippen LogP contribution in [0.3, 0.4) is 0 Å². The second-order valence-corrected chi connectivity index (χ2v) is 7.37. The summed E-state index contributed by atoms with van der Waals surface area (Å²) in [5.41, 5.74) is 1.12. The van der Waals surface area contributed by atoms with Crippen LogP contribution in [0.5, 0.6) is 5.75 Å². The lowest BCUT2D eigenvalue weighted by atomic mass is 9.88. The molecule has 0 N–H and O–H groups in total. The van der Waals surface area contributed by atoms with E-state index in [1.165, 1.54) is 12.0 Å². The third-order valence-electron chi connectivity index (χ3n) is 4.54. The van der Waals surface area contributed by atoms with Crippen molar-refractivity contribution in [2.75, 3.05) is 20.2 Å². The van der Waals surface area contributed by atoms with Gasteiger partial charge in [0.2, 0.25) is 5.91 Å². The third-order valence-corrected chi connectivity index (χ3v) is 4.54. The van der Waals surface area contributed by atoms with E-state index in [-0.39, 0.29) is 5.41 Å². The van der Waals surface area contributed by atoms with Gasteiger partial charge in [-0.25, -0.2) is 0 Å². The smallest absolute Gasteiger partial charge is 0.227 e. The number of carbonyl (C=O) groups is 1. The largest absolute Gasteiger partial charge is 0.497 e. The first-order valence-corrected chi connectivity index (χ1v) is 8.32. The normalized spacial score (nSPS) is 16.6. The number of hydrogen-bond donors (Lipinski definition) is 0. The van der Waals surface area contributed by atoms with Gasteiger partial charge in [0.05, 0.1) is 7.11 Å². The molecule has 1 saturated heterocycles. The van der Waals surface area contributed by atoms with Gasteiger partial charge in [-0.3, -0.25) is 4.79 Å². The maximum atomic E-state index is 12.3. The summed E-state index contributed by atoms with van der Waals surface area (Å²) in [6, 6.07) is 8.36. The Kier molecular flexibility index (Phi) is 5.49. The average molecular weight is 303 g/mol. The molecule has 0 atom stereocenters. The fraction of sp³-hybridized carbons (Fsp3) is 0.632. The van der Waals surface area contributed by atoms with E-state index in [0.717, 1.165) is 44.0 Å². The molecule has 122 valence electrons. The molecule has 1 aromatic carbocycles. The maximum Gasteiger partial charge on any atom is 0.227 e. The summed E-state index contributed by atoms with van der Waals surface area (Å²) in [4.78, 5) is 14.3. The van der Waals surface area contributed by atoms with Crippen LogP contribution < -0.4 is 4.74 Å². The minimum Gasteiger partial charge on any atom is -0.497 e. The first-order valence-electron chi connectivity index (χ1n) is 8.32. The highest BCUT2D eigenvalue weighted by atomic mass is 16.5. The lowest BCUT2D eigenvalue weighted by Crippen LogP contribution is -2.44. The molecule has 1 heterocycles. The molecule has 0 aromatic heterocycles. The van der Waals surface area contributed by atoms with E-state index in [2.05, 4.69) is 12.1 Å². The van der Waals surface area contributed by atoms with Gasteiger partial charge in [-0.05, 0) is 49.3 Å². The van der Waals surface area contributed by atoms with E-state index in [1.54, 1.807) is 7.11 Å². The zero-order valence-corrected chi connectivity index (χ0v) is 14.4. The molecule has 1 aliphatic heterocycles. The van der Waals surface area contributed by atoms with Gasteiger partial charge in [0.1, 0.15) is 5.75 Å². The highest BCUT2D eigenvalue weighted by Gasteiger charge is 2.30. The fourth-order valence-electron chi connectivity index (χ4n) is 3.06. The molecule has 0 unspecified atom stereocenters. The Morgan fingerprint density at radius 1 is 1.18 bits per heavy atom. The molecular weight excluding hydrogens is 274 g/mol. The van der Waals surface area contributed by atoms with Crippen LogP contribution in [0.4, 0.5) is 0 Å². The molecule has 0 aliphatic carbocycles. The van der Waals surface area contributed by atoms with Gasteiger partial charge in [-0.15, -0.1) is 0 Å². The number of aryl methyl sites for hydroxylation is 1. The van der Waals surface area contributed by atoms with Crippen LogP contribution >= 0.6 is 0 Å². The van der Waals surface area contributed by atoms with Crippen molar-refractivity contribution < 1.29 is 9.53 Å². The summed E-state index contributed by atoms with van der Waals surface area (Å²) in [7, 11) is 1.70. The van der Waals surface area contributed by atoms with E-state index < -0.39 is 0 Å². The van der Waals surface area contributed by atoms with Crippen molar-refractivity contribution >= 4 is 5.91 Å². The average Bonchev–Trinajstić information content (AvgIpc) is 2.52. The van der Waals surface area contributed by atoms with Gasteiger partial charge in [0, 0.05) is 18.5 Å². The zero-order valence-electron chi connectivity index (χ0n) is 14.4. The summed E-state index contributed by atoms with van der Waals surface area (Å²) in [5, 5.41) is 0. The number of ether oxygens (including phenoxy) is 1. The van der Waals surface area contributed by atoms with Gasteiger partial charge < -0.3 is 9.64 Å². The standard InChI is InChI=1S/C19H29NO2/c1-19(2,3)18(21)20-13-11-16(12-14-20)6-5-15-7-9-17(22-4)10-8-15/h7-10,16H,5-6,11-14H2,1-4H3. The quantitative estimate of drug-likeness (QED) is 0.844. The number of piperidine rings is 1. The van der Waals surface area contributed by atoms with Crippen molar-refractivity contribution in [2.45, 2.75) is 46.5 Å². The summed E-state index contributed by atoms with van der Waals surface area (Å²) in [5.74, 6) is 1.95. The number of hydrogen-bond acceptors (Lipinski definition) is 2. The molecule has 1 aromatic rings. The van der Waals surface area contributed by atoms with E-state index >= 15 is 0 Å². The highest BCUT2D eigenvalue weighted by Crippen LogP contribution is 2.26. The molecule has 3 heteroatoms. The van der Waals surface area contributed by atoms with Crippen molar-refractivity contribution in [1.29, 1.82) is 0 Å². The Bertz CT molecular complexity index is 479. The molecule has 3 nitrogen and oxygen atoms in total. The lowest BCUT2D eigenvalue weighted by molar-refractivity contribution is -0.140. The number of benzene rings is 1. The number of likely N-dealkylation sites (tertiary alicyclic amines) is 1. The molecular formula is C19H29NO2. The van der Waals surface area contributed by atoms with Gasteiger partial charge >= 0.3 is 0 Å². The summed E-state index contributed by atoms with van der Waals surface area (Å²) < 4.78 is 5.19. The first kappa shape index (κ1) is 16.9. The summed E-state index contributed by atoms with van der Waals surface area (Å²) >= 11 is 0. The second kappa shape index (κ2) is 7.17. The highest BCUT2D eigenvalue weighted by molar-refractivity contribution is 5.81. The Labute approximate surface area is 134 Å². The Hall–Kier alpha value is -1.51. The molecule has 1 amide bonds. The minimum atomic E-state index is -0.254. The molecule has 0 spiro atoms. The number of carbonyl (C=O) groups excluding carboxylic acids is 1. The number of rotatable bonds is 4. The summed E-state index contributed by atoms with van der Waals surface area (Å²) in [6.45, 7) is 7.86. The van der Waals surface area contributed by atoms with Crippen LogP contribution in [0.1, 0.15) is 45.6 Å². The van der Waals surface area contributed by atoms with Crippen LogP contribution in [0, 0.1) is 11.3 Å². The Morgan fingerprint density at radius 3 is 2.27 bits per heavy atom. The molecule has 2 rings (SSSR count). The number of methoxy groups -OCH3 is 1. The van der Waals surface area contributed by atoms with Crippen LogP contribution in [0.15, 0.2) is 24.3 Å². The topological polar surface area (TPSA) is 29.5 Å². The van der Waals surface area contributed by atoms with Crippen LogP contribution in [-0.2, 0) is 11.2 Å². The van der Waals surface area contributed by atoms with Crippen molar-refractivity contribution in [3.8, 4) is 5.75 Å². The molecule has 0 radical (unpaired) electrons. The molecule has 22 heavy (non-hydrogen) atoms. The number of nitrogens with zero attached hydrogens (tertiary/aromatic N) is 1. The summed E-state index contributed by atoms with van der Waals surface area (Å²) in [6.07, 6.45) is 4.60. The van der Waals surface area contributed by atoms with Gasteiger partial charge in [-0.2, -0.15) is 0 Å². The predicted molar refractivity (Wildman–Crippen MR) is 90.1 cm³/mol. The monoisotopic (exact) mass is 303 g/mol. The van der Waals surface area contributed by atoms with E-state index in [9.17, 15) is 4.79 Å². The van der Waals surface area contributed by atoms with Gasteiger partial charge in [-0.1, -0.05) is 32.9 Å². The zero-order chi connectivity index (χ0) is 16.2. The maximum absolute atomic E-state index is 12.3. The van der Waals surface area contributed by atoms with E-state index in [4.69, 9.17) is 4.74 Å². The predicted octanol–water partition coefficient (Wildman–Crippen LogP) is 3.91. The number of amides is 1. The Balaban J connectivity index is 1.76. The lowest BCUT2D eigenvalue weighted by Gasteiger charge is -2.35.